The van der Waals surface area contributed by atoms with E-state index in [9.17, 15) is 19.8 Å². The van der Waals surface area contributed by atoms with Gasteiger partial charge >= 0.3 is 5.97 Å². The van der Waals surface area contributed by atoms with E-state index in [1.165, 1.54) is 24.1 Å². The second-order valence-corrected chi connectivity index (χ2v) is 7.72. The van der Waals surface area contributed by atoms with Crippen molar-refractivity contribution in [3.05, 3.63) is 60.0 Å². The number of nitrogens with zero attached hydrogens (tertiary/aromatic N) is 4. The number of hydrogen-bond acceptors (Lipinski definition) is 9. The molecule has 11 heteroatoms. The van der Waals surface area contributed by atoms with E-state index in [0.717, 1.165) is 0 Å². The highest BCUT2D eigenvalue weighted by atomic mass is 16.6. The van der Waals surface area contributed by atoms with Crippen LogP contribution in [0.4, 0.5) is 5.82 Å². The van der Waals surface area contributed by atoms with Crippen molar-refractivity contribution in [1.82, 2.24) is 14.6 Å². The van der Waals surface area contributed by atoms with Gasteiger partial charge in [0, 0.05) is 25.2 Å². The van der Waals surface area contributed by atoms with Crippen LogP contribution in [0.1, 0.15) is 29.4 Å². The largest absolute Gasteiger partial charge is 0.457 e. The van der Waals surface area contributed by atoms with Gasteiger partial charge in [-0.3, -0.25) is 14.6 Å². The number of fused-ring (bicyclic) bond motifs is 1. The highest BCUT2D eigenvalue weighted by Crippen LogP contribution is 2.41. The van der Waals surface area contributed by atoms with Gasteiger partial charge in [0.1, 0.15) is 24.1 Å². The Morgan fingerprint density at radius 2 is 2.06 bits per heavy atom. The summed E-state index contributed by atoms with van der Waals surface area (Å²) in [7, 11) is 1.51. The van der Waals surface area contributed by atoms with E-state index in [1.54, 1.807) is 43.3 Å². The number of carbonyl (C=O) groups excluding carboxylic acids is 2. The van der Waals surface area contributed by atoms with Crippen molar-refractivity contribution in [2.24, 2.45) is 4.99 Å². The van der Waals surface area contributed by atoms with Gasteiger partial charge < -0.3 is 25.0 Å². The van der Waals surface area contributed by atoms with Crippen molar-refractivity contribution in [2.45, 2.75) is 37.3 Å². The third-order valence-corrected chi connectivity index (χ3v) is 5.64. The van der Waals surface area contributed by atoms with Gasteiger partial charge in [-0.15, -0.1) is 0 Å². The van der Waals surface area contributed by atoms with Crippen LogP contribution < -0.4 is 5.32 Å². The first-order chi connectivity index (χ1) is 16.4. The fraction of sp³-hybridized carbons (Fsp3) is 0.348. The molecule has 3 heterocycles. The Balaban J connectivity index is 1.75. The Kier molecular flexibility index (Phi) is 6.68. The number of carbonyl (C=O) groups is 2. The molecule has 1 amide bonds. The van der Waals surface area contributed by atoms with Crippen LogP contribution in [0.25, 0.3) is 5.52 Å². The molecule has 1 aliphatic heterocycles. The van der Waals surface area contributed by atoms with Crippen LogP contribution in [-0.2, 0) is 19.9 Å². The van der Waals surface area contributed by atoms with E-state index >= 15 is 0 Å². The molecule has 4 rings (SSSR count). The molecule has 34 heavy (non-hydrogen) atoms. The summed E-state index contributed by atoms with van der Waals surface area (Å²) in [6.07, 6.45) is -0.769. The number of benzene rings is 1. The lowest BCUT2D eigenvalue weighted by molar-refractivity contribution is -0.156. The number of aliphatic hydroxyl groups is 2. The molecule has 0 aliphatic carbocycles. The molecule has 178 valence electrons. The number of aromatic nitrogens is 3. The standard InChI is InChI=1S/C23H25N5O6/c1-3-18(30)33-19-16(11-29)34-23(12-24-2,20(19)31)17-10-9-15-21(25-13-26-28(15)17)27-22(32)14-7-5-4-6-8-14/h4-10,12-13,16,19-20,29,31H,3,11H2,1-2H3,(H,25,26,27,32)/t16-,19-,20-,23+/m1/s1. The quantitative estimate of drug-likeness (QED) is 0.344. The number of esters is 1. The topological polar surface area (TPSA) is 148 Å². The minimum absolute atomic E-state index is 0.0992. The second-order valence-electron chi connectivity index (χ2n) is 7.72. The fourth-order valence-electron chi connectivity index (χ4n) is 4.02. The van der Waals surface area contributed by atoms with Crippen LogP contribution >= 0.6 is 0 Å². The summed E-state index contributed by atoms with van der Waals surface area (Å²) >= 11 is 0. The van der Waals surface area contributed by atoms with E-state index in [-0.39, 0.29) is 18.1 Å². The molecular formula is C23H25N5O6. The number of rotatable bonds is 7. The Bertz CT molecular complexity index is 1210. The highest BCUT2D eigenvalue weighted by molar-refractivity contribution is 6.05. The van der Waals surface area contributed by atoms with Crippen molar-refractivity contribution >= 4 is 29.4 Å². The molecule has 11 nitrogen and oxygen atoms in total. The van der Waals surface area contributed by atoms with Gasteiger partial charge in [-0.05, 0) is 24.3 Å². The lowest BCUT2D eigenvalue weighted by Crippen LogP contribution is -2.45. The van der Waals surface area contributed by atoms with Gasteiger partial charge in [0.2, 0.25) is 0 Å². The summed E-state index contributed by atoms with van der Waals surface area (Å²) < 4.78 is 12.9. The highest BCUT2D eigenvalue weighted by Gasteiger charge is 2.58. The lowest BCUT2D eigenvalue weighted by Gasteiger charge is -2.28. The fourth-order valence-corrected chi connectivity index (χ4v) is 4.02. The summed E-state index contributed by atoms with van der Waals surface area (Å²) in [5.74, 6) is -0.639. The SMILES string of the molecule is CCC(=O)O[C@H]1[C@@H](O)[C@](C=NC)(c2ccc3c(NC(=O)c4ccccc4)ncnn23)O[C@@H]1CO. The average molecular weight is 467 g/mol. The number of ether oxygens (including phenoxy) is 2. The molecule has 0 bridgehead atoms. The molecule has 0 saturated carbocycles. The molecule has 3 aromatic rings. The van der Waals surface area contributed by atoms with Gasteiger partial charge in [0.15, 0.2) is 17.5 Å². The summed E-state index contributed by atoms with van der Waals surface area (Å²) in [5.41, 5.74) is -0.327. The average Bonchev–Trinajstić information content (AvgIpc) is 3.41. The van der Waals surface area contributed by atoms with E-state index in [0.29, 0.717) is 16.8 Å². The third-order valence-electron chi connectivity index (χ3n) is 5.64. The predicted molar refractivity (Wildman–Crippen MR) is 122 cm³/mol. The number of hydrogen-bond donors (Lipinski definition) is 3. The molecule has 1 aliphatic rings. The molecule has 0 radical (unpaired) electrons. The number of nitrogens with one attached hydrogen (secondary N) is 1. The third kappa shape index (κ3) is 4.04. The summed E-state index contributed by atoms with van der Waals surface area (Å²) in [6, 6.07) is 12.0. The predicted octanol–water partition coefficient (Wildman–Crippen LogP) is 0.951. The molecule has 3 N–H and O–H groups in total. The summed E-state index contributed by atoms with van der Waals surface area (Å²) in [6.45, 7) is 1.14. The van der Waals surface area contributed by atoms with Gasteiger partial charge in [-0.2, -0.15) is 5.10 Å². The van der Waals surface area contributed by atoms with E-state index in [1.807, 2.05) is 6.07 Å². The minimum atomic E-state index is -1.58. The van der Waals surface area contributed by atoms with Gasteiger partial charge in [0.25, 0.3) is 5.91 Å². The molecule has 1 fully saturated rings. The van der Waals surface area contributed by atoms with Gasteiger partial charge in [0.05, 0.1) is 12.3 Å². The zero-order chi connectivity index (χ0) is 24.3. The van der Waals surface area contributed by atoms with Crippen LogP contribution in [0.5, 0.6) is 0 Å². The van der Waals surface area contributed by atoms with Gasteiger partial charge in [-0.25, -0.2) is 9.50 Å². The van der Waals surface area contributed by atoms with Crippen LogP contribution in [0.3, 0.4) is 0 Å². The van der Waals surface area contributed by atoms with E-state index in [4.69, 9.17) is 9.47 Å². The summed E-state index contributed by atoms with van der Waals surface area (Å²) in [4.78, 5) is 32.8. The molecule has 2 aromatic heterocycles. The number of anilines is 1. The maximum absolute atomic E-state index is 12.7. The number of aliphatic hydroxyl groups excluding tert-OH is 2. The van der Waals surface area contributed by atoms with Crippen LogP contribution in [0.15, 0.2) is 53.8 Å². The smallest absolute Gasteiger partial charge is 0.305 e. The molecule has 0 spiro atoms. The van der Waals surface area contributed by atoms with Crippen molar-refractivity contribution in [3.63, 3.8) is 0 Å². The van der Waals surface area contributed by atoms with Crippen LogP contribution in [0, 0.1) is 0 Å². The van der Waals surface area contributed by atoms with Crippen molar-refractivity contribution in [1.29, 1.82) is 0 Å². The summed E-state index contributed by atoms with van der Waals surface area (Å²) in [5, 5.41) is 28.1. The van der Waals surface area contributed by atoms with Crippen molar-refractivity contribution in [2.75, 3.05) is 19.0 Å². The monoisotopic (exact) mass is 467 g/mol. The lowest BCUT2D eigenvalue weighted by atomic mass is 9.92. The Morgan fingerprint density at radius 1 is 1.29 bits per heavy atom. The molecule has 4 atom stereocenters. The van der Waals surface area contributed by atoms with E-state index < -0.39 is 36.5 Å². The molecule has 1 saturated heterocycles. The number of amides is 1. The Morgan fingerprint density at radius 3 is 2.74 bits per heavy atom. The maximum Gasteiger partial charge on any atom is 0.305 e. The van der Waals surface area contributed by atoms with E-state index in [2.05, 4.69) is 20.4 Å². The van der Waals surface area contributed by atoms with Crippen LogP contribution in [0.2, 0.25) is 0 Å². The first-order valence-electron chi connectivity index (χ1n) is 10.7. The zero-order valence-electron chi connectivity index (χ0n) is 18.7. The molecule has 0 unspecified atom stereocenters. The molecular weight excluding hydrogens is 442 g/mol. The Hall–Kier alpha value is -3.67. The first kappa shape index (κ1) is 23.5. The Labute approximate surface area is 195 Å². The molecule has 1 aromatic carbocycles. The van der Waals surface area contributed by atoms with Crippen LogP contribution in [-0.4, -0.2) is 74.9 Å². The van der Waals surface area contributed by atoms with Crippen molar-refractivity contribution in [3.8, 4) is 0 Å². The zero-order valence-corrected chi connectivity index (χ0v) is 18.7. The maximum atomic E-state index is 12.7. The number of aliphatic imine (C=N–C) groups is 1. The minimum Gasteiger partial charge on any atom is -0.457 e. The normalized spacial score (nSPS) is 24.5. The second kappa shape index (κ2) is 9.67. The van der Waals surface area contributed by atoms with Crippen molar-refractivity contribution < 1.29 is 29.3 Å². The first-order valence-corrected chi connectivity index (χ1v) is 10.7. The van der Waals surface area contributed by atoms with Gasteiger partial charge in [-0.1, -0.05) is 25.1 Å².